The van der Waals surface area contributed by atoms with Crippen LogP contribution in [0.15, 0.2) is 24.3 Å². The molecule has 3 atom stereocenters. The number of hydrogen-bond donors (Lipinski definition) is 1. The fourth-order valence-electron chi connectivity index (χ4n) is 5.35. The molecule has 32 heavy (non-hydrogen) atoms. The molecule has 7 heteroatoms. The minimum absolute atomic E-state index is 0.0142. The van der Waals surface area contributed by atoms with Gasteiger partial charge in [-0.15, -0.1) is 0 Å². The normalized spacial score (nSPS) is 27.8. The number of carbonyl (C=O) groups excluding carboxylic acids is 2. The minimum atomic E-state index is -0.888. The summed E-state index contributed by atoms with van der Waals surface area (Å²) in [6.07, 6.45) is 2.85. The zero-order chi connectivity index (χ0) is 22.6. The second-order valence-corrected chi connectivity index (χ2v) is 9.03. The van der Waals surface area contributed by atoms with Crippen LogP contribution >= 0.6 is 0 Å². The molecular weight excluding hydrogens is 406 g/mol. The summed E-state index contributed by atoms with van der Waals surface area (Å²) in [6, 6.07) is 8.03. The van der Waals surface area contributed by atoms with Crippen molar-refractivity contribution in [3.05, 3.63) is 35.4 Å². The maximum Gasteiger partial charge on any atom is 0.409 e. The molecule has 1 amide bonds. The Morgan fingerprint density at radius 3 is 2.78 bits per heavy atom. The van der Waals surface area contributed by atoms with Gasteiger partial charge in [-0.05, 0) is 56.2 Å². The van der Waals surface area contributed by atoms with E-state index < -0.39 is 5.60 Å². The minimum Gasteiger partial charge on any atom is -0.453 e. The number of hydrogen-bond acceptors (Lipinski definition) is 6. The van der Waals surface area contributed by atoms with Crippen molar-refractivity contribution in [2.45, 2.75) is 44.2 Å². The van der Waals surface area contributed by atoms with E-state index in [0.717, 1.165) is 56.6 Å². The Hall–Kier alpha value is -2.56. The van der Waals surface area contributed by atoms with Crippen molar-refractivity contribution in [1.29, 1.82) is 0 Å². The topological polar surface area (TPSA) is 71.1 Å². The average Bonchev–Trinajstić information content (AvgIpc) is 3.24. The molecule has 2 saturated heterocycles. The number of esters is 1. The number of carbonyl (C=O) groups is 2. The molecule has 0 spiro atoms. The lowest BCUT2D eigenvalue weighted by Gasteiger charge is -2.42. The van der Waals surface area contributed by atoms with Gasteiger partial charge in [0, 0.05) is 50.2 Å². The molecule has 7 nitrogen and oxygen atoms in total. The summed E-state index contributed by atoms with van der Waals surface area (Å²) in [4.78, 5) is 29.3. The van der Waals surface area contributed by atoms with Gasteiger partial charge in [-0.2, -0.15) is 0 Å². The van der Waals surface area contributed by atoms with E-state index in [1.54, 1.807) is 4.90 Å². The Labute approximate surface area is 190 Å². The zero-order valence-electron chi connectivity index (χ0n) is 19.1. The van der Waals surface area contributed by atoms with Gasteiger partial charge in [0.2, 0.25) is 0 Å². The molecule has 0 radical (unpaired) electrons. The molecule has 3 fully saturated rings. The molecule has 0 aromatic heterocycles. The third kappa shape index (κ3) is 4.92. The van der Waals surface area contributed by atoms with Crippen molar-refractivity contribution >= 4 is 12.1 Å². The van der Waals surface area contributed by atoms with Crippen LogP contribution in [0.1, 0.15) is 36.8 Å². The maximum atomic E-state index is 13.1. The summed E-state index contributed by atoms with van der Waals surface area (Å²) < 4.78 is 11.3. The molecule has 172 valence electrons. The van der Waals surface area contributed by atoms with Crippen LogP contribution in [0.2, 0.25) is 0 Å². The second-order valence-electron chi connectivity index (χ2n) is 9.03. The number of rotatable bonds is 3. The van der Waals surface area contributed by atoms with Crippen molar-refractivity contribution < 1.29 is 19.1 Å². The number of nitrogens with zero attached hydrogens (tertiary/aromatic N) is 2. The standard InChI is InChI=1S/C25H33N3O4/c1-19-5-3-6-20(17-19)8-11-25(32-23(29)18-27-15-12-26-13-16-27)10-4-7-22-21(25)9-14-28(22)24(30)31-2/h3,5-6,17,21-22,26H,4,7,9-10,12-16,18H2,1-2H3. The third-order valence-corrected chi connectivity index (χ3v) is 6.90. The number of aryl methyl sites for hydroxylation is 1. The van der Waals surface area contributed by atoms with E-state index in [9.17, 15) is 9.59 Å². The van der Waals surface area contributed by atoms with E-state index in [2.05, 4.69) is 22.1 Å². The number of likely N-dealkylation sites (tertiary alicyclic amines) is 1. The van der Waals surface area contributed by atoms with Crippen LogP contribution in [-0.4, -0.2) is 79.9 Å². The number of amides is 1. The molecule has 1 aromatic carbocycles. The smallest absolute Gasteiger partial charge is 0.409 e. The molecule has 0 bridgehead atoms. The summed E-state index contributed by atoms with van der Waals surface area (Å²) in [5.74, 6) is 6.44. The van der Waals surface area contributed by atoms with Gasteiger partial charge < -0.3 is 19.7 Å². The molecule has 2 aliphatic heterocycles. The monoisotopic (exact) mass is 439 g/mol. The van der Waals surface area contributed by atoms with Crippen LogP contribution in [0.25, 0.3) is 0 Å². The number of fused-ring (bicyclic) bond motifs is 1. The fraction of sp³-hybridized carbons (Fsp3) is 0.600. The Morgan fingerprint density at radius 1 is 1.22 bits per heavy atom. The Bertz CT molecular complexity index is 902. The predicted molar refractivity (Wildman–Crippen MR) is 121 cm³/mol. The van der Waals surface area contributed by atoms with Crippen LogP contribution in [0.4, 0.5) is 4.79 Å². The summed E-state index contributed by atoms with van der Waals surface area (Å²) >= 11 is 0. The Morgan fingerprint density at radius 2 is 2.03 bits per heavy atom. The molecule has 3 unspecified atom stereocenters. The van der Waals surface area contributed by atoms with E-state index in [0.29, 0.717) is 13.0 Å². The van der Waals surface area contributed by atoms with Crippen molar-refractivity contribution in [3.63, 3.8) is 0 Å². The molecule has 1 N–H and O–H groups in total. The van der Waals surface area contributed by atoms with Gasteiger partial charge in [0.05, 0.1) is 13.7 Å². The van der Waals surface area contributed by atoms with Gasteiger partial charge in [0.25, 0.3) is 0 Å². The quantitative estimate of drug-likeness (QED) is 0.575. The molecule has 4 rings (SSSR count). The van der Waals surface area contributed by atoms with E-state index in [1.807, 2.05) is 31.2 Å². The summed E-state index contributed by atoms with van der Waals surface area (Å²) in [6.45, 7) is 6.34. The van der Waals surface area contributed by atoms with Crippen LogP contribution in [-0.2, 0) is 14.3 Å². The van der Waals surface area contributed by atoms with Gasteiger partial charge in [0.15, 0.2) is 5.60 Å². The summed E-state index contributed by atoms with van der Waals surface area (Å²) in [5.41, 5.74) is 1.16. The van der Waals surface area contributed by atoms with Gasteiger partial charge in [0.1, 0.15) is 0 Å². The number of piperazine rings is 1. The highest BCUT2D eigenvalue weighted by atomic mass is 16.6. The van der Waals surface area contributed by atoms with E-state index >= 15 is 0 Å². The highest BCUT2D eigenvalue weighted by Crippen LogP contribution is 2.45. The molecule has 1 aliphatic carbocycles. The van der Waals surface area contributed by atoms with Crippen molar-refractivity contribution in [2.75, 3.05) is 46.4 Å². The van der Waals surface area contributed by atoms with Crippen molar-refractivity contribution in [1.82, 2.24) is 15.1 Å². The summed E-state index contributed by atoms with van der Waals surface area (Å²) in [7, 11) is 1.41. The number of methoxy groups -OCH3 is 1. The lowest BCUT2D eigenvalue weighted by atomic mass is 9.72. The van der Waals surface area contributed by atoms with Gasteiger partial charge in [-0.1, -0.05) is 18.1 Å². The van der Waals surface area contributed by atoms with E-state index in [4.69, 9.17) is 9.47 Å². The average molecular weight is 440 g/mol. The SMILES string of the molecule is COC(=O)N1CCC2C1CCCC2(C#Cc1cccc(C)c1)OC(=O)CN1CCNCC1. The van der Waals surface area contributed by atoms with Crippen LogP contribution < -0.4 is 5.32 Å². The highest BCUT2D eigenvalue weighted by Gasteiger charge is 2.53. The first kappa shape index (κ1) is 22.6. The predicted octanol–water partition coefficient (Wildman–Crippen LogP) is 2.17. The fourth-order valence-corrected chi connectivity index (χ4v) is 5.35. The molecule has 1 saturated carbocycles. The van der Waals surface area contributed by atoms with E-state index in [-0.39, 0.29) is 30.6 Å². The number of ether oxygens (including phenoxy) is 2. The molecular formula is C25H33N3O4. The number of nitrogens with one attached hydrogen (secondary N) is 1. The first-order valence-corrected chi connectivity index (χ1v) is 11.6. The molecule has 2 heterocycles. The molecule has 1 aromatic rings. The maximum absolute atomic E-state index is 13.1. The lowest BCUT2D eigenvalue weighted by Crippen LogP contribution is -2.53. The first-order valence-electron chi connectivity index (χ1n) is 11.6. The van der Waals surface area contributed by atoms with E-state index in [1.165, 1.54) is 7.11 Å². The van der Waals surface area contributed by atoms with Crippen LogP contribution in [0, 0.1) is 24.7 Å². The first-order chi connectivity index (χ1) is 15.5. The van der Waals surface area contributed by atoms with Crippen LogP contribution in [0.3, 0.4) is 0 Å². The highest BCUT2D eigenvalue weighted by molar-refractivity contribution is 5.73. The van der Waals surface area contributed by atoms with Crippen molar-refractivity contribution in [2.24, 2.45) is 5.92 Å². The van der Waals surface area contributed by atoms with Crippen molar-refractivity contribution in [3.8, 4) is 11.8 Å². The van der Waals surface area contributed by atoms with Crippen LogP contribution in [0.5, 0.6) is 0 Å². The third-order valence-electron chi connectivity index (χ3n) is 6.90. The van der Waals surface area contributed by atoms with Gasteiger partial charge >= 0.3 is 12.1 Å². The molecule has 3 aliphatic rings. The Kier molecular flexibility index (Phi) is 7.02. The number of benzene rings is 1. The largest absolute Gasteiger partial charge is 0.453 e. The summed E-state index contributed by atoms with van der Waals surface area (Å²) in [5, 5.41) is 3.31. The second kappa shape index (κ2) is 9.93. The Balaban J connectivity index is 1.60. The van der Waals surface area contributed by atoms with Gasteiger partial charge in [-0.3, -0.25) is 9.69 Å². The zero-order valence-corrected chi connectivity index (χ0v) is 19.1. The van der Waals surface area contributed by atoms with Gasteiger partial charge in [-0.25, -0.2) is 4.79 Å². The lowest BCUT2D eigenvalue weighted by molar-refractivity contribution is -0.164.